The van der Waals surface area contributed by atoms with Crippen molar-refractivity contribution < 1.29 is 5.11 Å². The summed E-state index contributed by atoms with van der Waals surface area (Å²) < 4.78 is 0. The van der Waals surface area contributed by atoms with Crippen LogP contribution < -0.4 is 5.73 Å². The Morgan fingerprint density at radius 2 is 2.08 bits per heavy atom. The minimum absolute atomic E-state index is 0.376. The fourth-order valence-electron chi connectivity index (χ4n) is 1.56. The van der Waals surface area contributed by atoms with E-state index in [9.17, 15) is 5.11 Å². The Balaban J connectivity index is 3.12. The zero-order chi connectivity index (χ0) is 9.84. The Bertz CT molecular complexity index is 283. The maximum atomic E-state index is 9.71. The van der Waals surface area contributed by atoms with Gasteiger partial charge in [-0.15, -0.1) is 0 Å². The van der Waals surface area contributed by atoms with Gasteiger partial charge in [0, 0.05) is 5.69 Å². The maximum absolute atomic E-state index is 9.71. The molecule has 0 amide bonds. The molecule has 0 radical (unpaired) electrons. The Morgan fingerprint density at radius 1 is 1.38 bits per heavy atom. The molecule has 3 N–H and O–H groups in total. The van der Waals surface area contributed by atoms with E-state index in [0.717, 1.165) is 29.7 Å². The highest BCUT2D eigenvalue weighted by atomic mass is 16.3. The van der Waals surface area contributed by atoms with Crippen LogP contribution in [-0.2, 0) is 6.42 Å². The first kappa shape index (κ1) is 10.1. The molecule has 0 saturated carbocycles. The molecule has 72 valence electrons. The fourth-order valence-corrected chi connectivity index (χ4v) is 1.56. The number of hydrogen-bond donors (Lipinski definition) is 2. The molecular weight excluding hydrogens is 162 g/mol. The lowest BCUT2D eigenvalue weighted by molar-refractivity contribution is 0.173. The van der Waals surface area contributed by atoms with Gasteiger partial charge in [-0.2, -0.15) is 0 Å². The Morgan fingerprint density at radius 3 is 2.62 bits per heavy atom. The van der Waals surface area contributed by atoms with E-state index >= 15 is 0 Å². The Labute approximate surface area is 79.4 Å². The predicted octanol–water partition coefficient (Wildman–Crippen LogP) is 2.27. The van der Waals surface area contributed by atoms with Crippen LogP contribution in [0, 0.1) is 0 Å². The average Bonchev–Trinajstić information content (AvgIpc) is 2.16. The van der Waals surface area contributed by atoms with Gasteiger partial charge >= 0.3 is 0 Å². The van der Waals surface area contributed by atoms with E-state index in [2.05, 4.69) is 6.92 Å². The van der Waals surface area contributed by atoms with Crippen LogP contribution in [0.2, 0.25) is 0 Å². The van der Waals surface area contributed by atoms with Crippen LogP contribution in [0.1, 0.15) is 37.5 Å². The summed E-state index contributed by atoms with van der Waals surface area (Å²) in [7, 11) is 0. The largest absolute Gasteiger partial charge is 0.398 e. The van der Waals surface area contributed by atoms with Crippen LogP contribution in [0.3, 0.4) is 0 Å². The maximum Gasteiger partial charge on any atom is 0.0790 e. The summed E-state index contributed by atoms with van der Waals surface area (Å²) in [5, 5.41) is 9.71. The van der Waals surface area contributed by atoms with E-state index in [0.29, 0.717) is 0 Å². The van der Waals surface area contributed by atoms with Crippen molar-refractivity contribution in [3.8, 4) is 0 Å². The molecule has 1 unspecified atom stereocenters. The van der Waals surface area contributed by atoms with Crippen LogP contribution in [0.4, 0.5) is 5.69 Å². The van der Waals surface area contributed by atoms with Crippen molar-refractivity contribution in [1.82, 2.24) is 0 Å². The first-order valence-electron chi connectivity index (χ1n) is 4.76. The molecule has 0 fully saturated rings. The number of rotatable bonds is 3. The van der Waals surface area contributed by atoms with Gasteiger partial charge < -0.3 is 10.8 Å². The van der Waals surface area contributed by atoms with Crippen molar-refractivity contribution >= 4 is 5.69 Å². The van der Waals surface area contributed by atoms with Crippen molar-refractivity contribution in [3.63, 3.8) is 0 Å². The monoisotopic (exact) mass is 179 g/mol. The summed E-state index contributed by atoms with van der Waals surface area (Å²) >= 11 is 0. The van der Waals surface area contributed by atoms with E-state index in [-0.39, 0.29) is 6.10 Å². The molecule has 1 rings (SSSR count). The van der Waals surface area contributed by atoms with Crippen LogP contribution in [0.15, 0.2) is 18.2 Å². The molecule has 0 heterocycles. The molecule has 0 aliphatic rings. The third-order valence-corrected chi connectivity index (χ3v) is 2.35. The predicted molar refractivity (Wildman–Crippen MR) is 55.5 cm³/mol. The summed E-state index contributed by atoms with van der Waals surface area (Å²) in [5.74, 6) is 0. The zero-order valence-corrected chi connectivity index (χ0v) is 8.25. The van der Waals surface area contributed by atoms with Crippen LogP contribution in [0.5, 0.6) is 0 Å². The quantitative estimate of drug-likeness (QED) is 0.699. The normalized spacial score (nSPS) is 12.8. The second-order valence-corrected chi connectivity index (χ2v) is 3.19. The van der Waals surface area contributed by atoms with E-state index in [1.54, 1.807) is 0 Å². The minimum atomic E-state index is -0.376. The molecule has 0 aromatic heterocycles. The minimum Gasteiger partial charge on any atom is -0.398 e. The van der Waals surface area contributed by atoms with Gasteiger partial charge in [0.1, 0.15) is 0 Å². The first-order chi connectivity index (χ1) is 6.20. The molecule has 13 heavy (non-hydrogen) atoms. The number of anilines is 1. The van der Waals surface area contributed by atoms with Gasteiger partial charge in [0.25, 0.3) is 0 Å². The summed E-state index contributed by atoms with van der Waals surface area (Å²) in [4.78, 5) is 0. The lowest BCUT2D eigenvalue weighted by Gasteiger charge is -2.14. The molecule has 0 spiro atoms. The molecule has 2 heteroatoms. The topological polar surface area (TPSA) is 46.2 Å². The summed E-state index contributed by atoms with van der Waals surface area (Å²) in [5.41, 5.74) is 8.66. The Hall–Kier alpha value is -1.02. The molecule has 2 nitrogen and oxygen atoms in total. The van der Waals surface area contributed by atoms with Crippen molar-refractivity contribution in [3.05, 3.63) is 29.3 Å². The number of nitrogens with two attached hydrogens (primary N) is 1. The second-order valence-electron chi connectivity index (χ2n) is 3.19. The number of hydrogen-bond acceptors (Lipinski definition) is 2. The third kappa shape index (κ3) is 2.01. The molecule has 1 aromatic carbocycles. The fraction of sp³-hybridized carbons (Fsp3) is 0.455. The lowest BCUT2D eigenvalue weighted by atomic mass is 9.97. The highest BCUT2D eigenvalue weighted by Gasteiger charge is 2.10. The summed E-state index contributed by atoms with van der Waals surface area (Å²) in [6.45, 7) is 4.02. The van der Waals surface area contributed by atoms with Gasteiger partial charge in [-0.1, -0.05) is 26.0 Å². The molecule has 1 atom stereocenters. The third-order valence-electron chi connectivity index (χ3n) is 2.35. The average molecular weight is 179 g/mol. The van der Waals surface area contributed by atoms with Crippen LogP contribution in [-0.4, -0.2) is 5.11 Å². The van der Waals surface area contributed by atoms with E-state index in [1.165, 1.54) is 0 Å². The second kappa shape index (κ2) is 4.28. The molecule has 1 aromatic rings. The smallest absolute Gasteiger partial charge is 0.0790 e. The van der Waals surface area contributed by atoms with Gasteiger partial charge in [-0.3, -0.25) is 0 Å². The zero-order valence-electron chi connectivity index (χ0n) is 8.25. The van der Waals surface area contributed by atoms with Gasteiger partial charge in [0.05, 0.1) is 6.10 Å². The van der Waals surface area contributed by atoms with Crippen molar-refractivity contribution in [2.75, 3.05) is 5.73 Å². The van der Waals surface area contributed by atoms with Crippen molar-refractivity contribution in [1.29, 1.82) is 0 Å². The lowest BCUT2D eigenvalue weighted by Crippen LogP contribution is -2.03. The molecule has 0 aliphatic carbocycles. The molecule has 0 saturated heterocycles. The number of aliphatic hydroxyl groups excluding tert-OH is 1. The number of aliphatic hydroxyl groups is 1. The van der Waals surface area contributed by atoms with Gasteiger partial charge in [0.15, 0.2) is 0 Å². The number of benzene rings is 1. The van der Waals surface area contributed by atoms with Gasteiger partial charge in [0.2, 0.25) is 0 Å². The highest BCUT2D eigenvalue weighted by Crippen LogP contribution is 2.25. The molecular formula is C11H17NO. The highest BCUT2D eigenvalue weighted by molar-refractivity contribution is 5.51. The van der Waals surface area contributed by atoms with Crippen LogP contribution in [0.25, 0.3) is 0 Å². The van der Waals surface area contributed by atoms with E-state index in [4.69, 9.17) is 5.73 Å². The van der Waals surface area contributed by atoms with E-state index < -0.39 is 0 Å². The summed E-state index contributed by atoms with van der Waals surface area (Å²) in [6, 6.07) is 5.72. The summed E-state index contributed by atoms with van der Waals surface area (Å²) in [6.07, 6.45) is 1.23. The molecule has 0 aliphatic heterocycles. The van der Waals surface area contributed by atoms with Crippen LogP contribution >= 0.6 is 0 Å². The standard InChI is InChI=1S/C11H17NO/c1-3-8-9(11(13)4-2)6-5-7-10(8)12/h5-7,11,13H,3-4,12H2,1-2H3. The number of nitrogen functional groups attached to an aromatic ring is 1. The first-order valence-corrected chi connectivity index (χ1v) is 4.76. The van der Waals surface area contributed by atoms with Crippen molar-refractivity contribution in [2.45, 2.75) is 32.8 Å². The van der Waals surface area contributed by atoms with E-state index in [1.807, 2.05) is 25.1 Å². The SMILES string of the molecule is CCc1c(N)cccc1C(O)CC. The molecule has 0 bridgehead atoms. The Kier molecular flexibility index (Phi) is 3.32. The van der Waals surface area contributed by atoms with Gasteiger partial charge in [-0.25, -0.2) is 0 Å². The van der Waals surface area contributed by atoms with Gasteiger partial charge in [-0.05, 0) is 30.0 Å². The van der Waals surface area contributed by atoms with Crippen molar-refractivity contribution in [2.24, 2.45) is 0 Å².